The highest BCUT2D eigenvalue weighted by Crippen LogP contribution is 2.02. The minimum Gasteiger partial charge on any atom is -0.480 e. The standard InChI is InChI=1S/C22H34N4O8/c1-3-5-7-21(30)34-13-16(12-33-20(29)6-4-2)25-18(27)8-9-19(28)26-17(22(31)32)10-15-11-23-14-24-15/h11,14,16-17H,3-10,12-13H2,1-2H3,(H,23,24)(H,25,27)(H,26,28)(H,31,32). The van der Waals surface area contributed by atoms with Crippen LogP contribution in [0.15, 0.2) is 12.5 Å². The first kappa shape index (κ1) is 28.6. The quantitative estimate of drug-likeness (QED) is 0.235. The van der Waals surface area contributed by atoms with Gasteiger partial charge in [0.1, 0.15) is 19.3 Å². The van der Waals surface area contributed by atoms with Gasteiger partial charge < -0.3 is 30.2 Å². The SMILES string of the molecule is CCCCC(=O)OCC(COC(=O)CCC)NC(=O)CCC(=O)NC(Cc1c[nH]cn1)C(=O)O. The molecule has 34 heavy (non-hydrogen) atoms. The lowest BCUT2D eigenvalue weighted by molar-refractivity contribution is -0.149. The highest BCUT2D eigenvalue weighted by Gasteiger charge is 2.22. The Hall–Kier alpha value is -3.44. The molecule has 0 fully saturated rings. The summed E-state index contributed by atoms with van der Waals surface area (Å²) in [5, 5.41) is 14.3. The van der Waals surface area contributed by atoms with Crippen LogP contribution in [0.5, 0.6) is 0 Å². The molecule has 0 aromatic carbocycles. The maximum atomic E-state index is 12.3. The molecule has 0 saturated heterocycles. The summed E-state index contributed by atoms with van der Waals surface area (Å²) in [5.74, 6) is -3.22. The summed E-state index contributed by atoms with van der Waals surface area (Å²) in [6.07, 6.45) is 5.01. The van der Waals surface area contributed by atoms with E-state index in [1.165, 1.54) is 12.5 Å². The zero-order chi connectivity index (χ0) is 25.3. The molecule has 0 saturated carbocycles. The molecule has 0 radical (unpaired) electrons. The topological polar surface area (TPSA) is 177 Å². The maximum absolute atomic E-state index is 12.3. The number of ether oxygens (including phenoxy) is 2. The normalized spacial score (nSPS) is 12.3. The summed E-state index contributed by atoms with van der Waals surface area (Å²) < 4.78 is 10.3. The molecule has 12 heteroatoms. The minimum atomic E-state index is -1.22. The van der Waals surface area contributed by atoms with Gasteiger partial charge in [-0.2, -0.15) is 0 Å². The van der Waals surface area contributed by atoms with Gasteiger partial charge in [-0.15, -0.1) is 0 Å². The fourth-order valence-corrected chi connectivity index (χ4v) is 2.79. The fourth-order valence-electron chi connectivity index (χ4n) is 2.79. The Morgan fingerprint density at radius 3 is 2.09 bits per heavy atom. The molecule has 4 N–H and O–H groups in total. The number of carbonyl (C=O) groups excluding carboxylic acids is 4. The monoisotopic (exact) mass is 482 g/mol. The number of aromatic nitrogens is 2. The van der Waals surface area contributed by atoms with Crippen molar-refractivity contribution < 1.29 is 38.6 Å². The number of unbranched alkanes of at least 4 members (excludes halogenated alkanes) is 1. The third-order valence-electron chi connectivity index (χ3n) is 4.63. The zero-order valence-corrected chi connectivity index (χ0v) is 19.6. The number of carbonyl (C=O) groups is 5. The molecule has 0 spiro atoms. The predicted molar refractivity (Wildman–Crippen MR) is 119 cm³/mol. The van der Waals surface area contributed by atoms with Crippen molar-refractivity contribution in [2.24, 2.45) is 0 Å². The molecule has 1 heterocycles. The largest absolute Gasteiger partial charge is 0.480 e. The number of esters is 2. The summed E-state index contributed by atoms with van der Waals surface area (Å²) in [4.78, 5) is 65.9. The lowest BCUT2D eigenvalue weighted by Crippen LogP contribution is -2.44. The van der Waals surface area contributed by atoms with Crippen molar-refractivity contribution in [3.05, 3.63) is 18.2 Å². The van der Waals surface area contributed by atoms with Crippen molar-refractivity contribution in [3.63, 3.8) is 0 Å². The minimum absolute atomic E-state index is 0.00856. The van der Waals surface area contributed by atoms with E-state index in [1.54, 1.807) is 0 Å². The van der Waals surface area contributed by atoms with Gasteiger partial charge >= 0.3 is 17.9 Å². The average molecular weight is 483 g/mol. The smallest absolute Gasteiger partial charge is 0.326 e. The van der Waals surface area contributed by atoms with Gasteiger partial charge in [-0.3, -0.25) is 19.2 Å². The molecule has 190 valence electrons. The Bertz CT molecular complexity index is 797. The highest BCUT2D eigenvalue weighted by atomic mass is 16.5. The van der Waals surface area contributed by atoms with Crippen LogP contribution in [0.2, 0.25) is 0 Å². The molecule has 0 aliphatic heterocycles. The van der Waals surface area contributed by atoms with Crippen molar-refractivity contribution in [1.29, 1.82) is 0 Å². The Morgan fingerprint density at radius 2 is 1.56 bits per heavy atom. The third kappa shape index (κ3) is 12.6. The molecule has 1 aromatic rings. The number of carboxylic acids is 1. The maximum Gasteiger partial charge on any atom is 0.326 e. The summed E-state index contributed by atoms with van der Waals surface area (Å²) in [6.45, 7) is 3.41. The molecule has 2 atom stereocenters. The molecule has 0 bridgehead atoms. The number of aliphatic carboxylic acids is 1. The van der Waals surface area contributed by atoms with Crippen molar-refractivity contribution in [3.8, 4) is 0 Å². The van der Waals surface area contributed by atoms with Crippen LogP contribution >= 0.6 is 0 Å². The molecular weight excluding hydrogens is 448 g/mol. The Kier molecular flexibility index (Phi) is 13.6. The van der Waals surface area contributed by atoms with Crippen molar-refractivity contribution >= 4 is 29.7 Å². The first-order valence-corrected chi connectivity index (χ1v) is 11.4. The van der Waals surface area contributed by atoms with Crippen LogP contribution in [-0.4, -0.2) is 70.1 Å². The second-order valence-corrected chi connectivity index (χ2v) is 7.71. The predicted octanol–water partition coefficient (Wildman–Crippen LogP) is 0.863. The van der Waals surface area contributed by atoms with Gasteiger partial charge in [-0.25, -0.2) is 9.78 Å². The van der Waals surface area contributed by atoms with Crippen LogP contribution < -0.4 is 10.6 Å². The number of nitrogens with one attached hydrogen (secondary N) is 3. The van der Waals surface area contributed by atoms with E-state index in [4.69, 9.17) is 9.47 Å². The molecular formula is C22H34N4O8. The average Bonchev–Trinajstić information content (AvgIpc) is 3.31. The number of rotatable bonds is 17. The van der Waals surface area contributed by atoms with Crippen LogP contribution in [0, 0.1) is 0 Å². The lowest BCUT2D eigenvalue weighted by Gasteiger charge is -2.19. The van der Waals surface area contributed by atoms with Crippen molar-refractivity contribution in [2.45, 2.75) is 77.3 Å². The zero-order valence-electron chi connectivity index (χ0n) is 19.6. The number of H-pyrrole nitrogens is 1. The summed E-state index contributed by atoms with van der Waals surface area (Å²) in [6, 6.07) is -1.96. The van der Waals surface area contributed by atoms with E-state index in [0.29, 0.717) is 18.5 Å². The molecule has 0 aliphatic rings. The first-order chi connectivity index (χ1) is 16.2. The molecule has 12 nitrogen and oxygen atoms in total. The first-order valence-electron chi connectivity index (χ1n) is 11.4. The van der Waals surface area contributed by atoms with Gasteiger partial charge in [-0.1, -0.05) is 20.3 Å². The third-order valence-corrected chi connectivity index (χ3v) is 4.63. The van der Waals surface area contributed by atoms with E-state index in [-0.39, 0.29) is 45.3 Å². The van der Waals surface area contributed by atoms with E-state index >= 15 is 0 Å². The van der Waals surface area contributed by atoms with E-state index in [2.05, 4.69) is 20.6 Å². The van der Waals surface area contributed by atoms with Gasteiger partial charge in [-0.05, 0) is 12.8 Å². The van der Waals surface area contributed by atoms with Crippen LogP contribution in [0.3, 0.4) is 0 Å². The number of aromatic amines is 1. The van der Waals surface area contributed by atoms with E-state index in [1.807, 2.05) is 13.8 Å². The molecule has 1 rings (SSSR count). The van der Waals surface area contributed by atoms with Crippen molar-refractivity contribution in [2.75, 3.05) is 13.2 Å². The highest BCUT2D eigenvalue weighted by molar-refractivity contribution is 5.87. The van der Waals surface area contributed by atoms with Crippen LogP contribution in [-0.2, 0) is 39.9 Å². The summed E-state index contributed by atoms with van der Waals surface area (Å²) >= 11 is 0. The Balaban J connectivity index is 2.54. The molecule has 2 unspecified atom stereocenters. The number of imidazole rings is 1. The van der Waals surface area contributed by atoms with Gasteiger partial charge in [0.15, 0.2) is 0 Å². The molecule has 1 aromatic heterocycles. The van der Waals surface area contributed by atoms with Gasteiger partial charge in [0.25, 0.3) is 0 Å². The van der Waals surface area contributed by atoms with Gasteiger partial charge in [0, 0.05) is 38.3 Å². The summed E-state index contributed by atoms with van der Waals surface area (Å²) in [7, 11) is 0. The van der Waals surface area contributed by atoms with E-state index < -0.39 is 41.8 Å². The second-order valence-electron chi connectivity index (χ2n) is 7.71. The molecule has 2 amide bonds. The second kappa shape index (κ2) is 16.2. The van der Waals surface area contributed by atoms with Crippen molar-refractivity contribution in [1.82, 2.24) is 20.6 Å². The number of hydrogen-bond acceptors (Lipinski definition) is 8. The van der Waals surface area contributed by atoms with E-state index in [0.717, 1.165) is 6.42 Å². The van der Waals surface area contributed by atoms with Gasteiger partial charge in [0.05, 0.1) is 18.1 Å². The van der Waals surface area contributed by atoms with Gasteiger partial charge in [0.2, 0.25) is 11.8 Å². The van der Waals surface area contributed by atoms with E-state index in [9.17, 15) is 29.1 Å². The van der Waals surface area contributed by atoms with Crippen LogP contribution in [0.4, 0.5) is 0 Å². The Labute approximate surface area is 198 Å². The number of carboxylic acid groups (broad SMARTS) is 1. The number of hydrogen-bond donors (Lipinski definition) is 4. The number of amides is 2. The molecule has 0 aliphatic carbocycles. The number of nitrogens with zero attached hydrogens (tertiary/aromatic N) is 1. The fraction of sp³-hybridized carbons (Fsp3) is 0.636. The Morgan fingerprint density at radius 1 is 0.941 bits per heavy atom. The lowest BCUT2D eigenvalue weighted by atomic mass is 10.1. The summed E-state index contributed by atoms with van der Waals surface area (Å²) in [5.41, 5.74) is 0.472. The van der Waals surface area contributed by atoms with Crippen LogP contribution in [0.25, 0.3) is 0 Å². The van der Waals surface area contributed by atoms with Crippen LogP contribution in [0.1, 0.15) is 64.5 Å².